The number of carbonyl (C=O) groups is 1. The summed E-state index contributed by atoms with van der Waals surface area (Å²) in [5, 5.41) is 4.04. The Morgan fingerprint density at radius 3 is 2.83 bits per heavy atom. The van der Waals surface area contributed by atoms with Gasteiger partial charge in [-0.3, -0.25) is 9.69 Å². The van der Waals surface area contributed by atoms with E-state index in [9.17, 15) is 4.79 Å². The number of benzene rings is 1. The summed E-state index contributed by atoms with van der Waals surface area (Å²) in [6.45, 7) is 1.80. The van der Waals surface area contributed by atoms with E-state index in [4.69, 9.17) is 0 Å². The van der Waals surface area contributed by atoms with Crippen LogP contribution in [0.2, 0.25) is 0 Å². The van der Waals surface area contributed by atoms with E-state index in [0.717, 1.165) is 27.3 Å². The highest BCUT2D eigenvalue weighted by atomic mass is 79.9. The molecule has 1 amide bonds. The van der Waals surface area contributed by atoms with Gasteiger partial charge in [-0.2, -0.15) is 0 Å². The summed E-state index contributed by atoms with van der Waals surface area (Å²) in [7, 11) is 1.96. The van der Waals surface area contributed by atoms with E-state index < -0.39 is 0 Å². The van der Waals surface area contributed by atoms with Crippen LogP contribution >= 0.6 is 38.6 Å². The van der Waals surface area contributed by atoms with E-state index in [0.29, 0.717) is 13.1 Å². The van der Waals surface area contributed by atoms with Crippen LogP contribution in [0.5, 0.6) is 0 Å². The molecule has 1 N–H and O–H groups in total. The lowest BCUT2D eigenvalue weighted by Gasteiger charge is -2.15. The SMILES string of the molecule is CN(CC(=O)NCCc1nc2ccccc2s1)Cc1ccc(Br)s1. The first-order valence-corrected chi connectivity index (χ1v) is 10.1. The van der Waals surface area contributed by atoms with Crippen LogP contribution in [0, 0.1) is 0 Å². The molecule has 0 aliphatic heterocycles. The molecule has 0 radical (unpaired) electrons. The van der Waals surface area contributed by atoms with Crippen molar-refractivity contribution >= 4 is 54.7 Å². The summed E-state index contributed by atoms with van der Waals surface area (Å²) in [5.74, 6) is 0.0502. The van der Waals surface area contributed by atoms with Gasteiger partial charge in [-0.1, -0.05) is 12.1 Å². The van der Waals surface area contributed by atoms with Gasteiger partial charge in [0.15, 0.2) is 0 Å². The molecule has 2 heterocycles. The molecular weight excluding hydrogens is 406 g/mol. The van der Waals surface area contributed by atoms with E-state index in [2.05, 4.69) is 38.4 Å². The van der Waals surface area contributed by atoms with E-state index in [1.54, 1.807) is 22.7 Å². The first kappa shape index (κ1) is 17.5. The molecule has 0 saturated heterocycles. The number of thiophene rings is 1. The van der Waals surface area contributed by atoms with Gasteiger partial charge in [-0.05, 0) is 47.2 Å². The van der Waals surface area contributed by atoms with Gasteiger partial charge in [0.25, 0.3) is 0 Å². The number of carbonyl (C=O) groups excluding carboxylic acids is 1. The van der Waals surface area contributed by atoms with Crippen molar-refractivity contribution in [1.29, 1.82) is 0 Å². The lowest BCUT2D eigenvalue weighted by molar-refractivity contribution is -0.122. The average molecular weight is 424 g/mol. The maximum absolute atomic E-state index is 12.0. The molecule has 1 aromatic carbocycles. The molecule has 0 aliphatic rings. The van der Waals surface area contributed by atoms with E-state index >= 15 is 0 Å². The van der Waals surface area contributed by atoms with E-state index in [1.165, 1.54) is 9.58 Å². The van der Waals surface area contributed by atoms with Crippen LogP contribution in [0.4, 0.5) is 0 Å². The van der Waals surface area contributed by atoms with Crippen molar-refractivity contribution in [3.05, 3.63) is 50.1 Å². The van der Waals surface area contributed by atoms with Crippen molar-refractivity contribution < 1.29 is 4.79 Å². The Kier molecular flexibility index (Phi) is 5.99. The van der Waals surface area contributed by atoms with Crippen molar-refractivity contribution in [2.24, 2.45) is 0 Å². The number of nitrogens with zero attached hydrogens (tertiary/aromatic N) is 2. The topological polar surface area (TPSA) is 45.2 Å². The number of halogens is 1. The molecule has 0 bridgehead atoms. The molecule has 0 spiro atoms. The Balaban J connectivity index is 1.42. The smallest absolute Gasteiger partial charge is 0.234 e. The largest absolute Gasteiger partial charge is 0.355 e. The third-order valence-corrected chi connectivity index (χ3v) is 6.17. The predicted octanol–water partition coefficient (Wildman–Crippen LogP) is 3.91. The highest BCUT2D eigenvalue weighted by molar-refractivity contribution is 9.11. The first-order valence-electron chi connectivity index (χ1n) is 7.64. The zero-order valence-corrected chi connectivity index (χ0v) is 16.5. The van der Waals surface area contributed by atoms with Gasteiger partial charge < -0.3 is 5.32 Å². The van der Waals surface area contributed by atoms with Crippen LogP contribution in [0.25, 0.3) is 10.2 Å². The lowest BCUT2D eigenvalue weighted by Crippen LogP contribution is -2.35. The highest BCUT2D eigenvalue weighted by Gasteiger charge is 2.09. The molecule has 24 heavy (non-hydrogen) atoms. The Bertz CT molecular complexity index is 797. The minimum Gasteiger partial charge on any atom is -0.355 e. The number of aromatic nitrogens is 1. The van der Waals surface area contributed by atoms with Crippen molar-refractivity contribution in [3.63, 3.8) is 0 Å². The second kappa shape index (κ2) is 8.20. The number of hydrogen-bond acceptors (Lipinski definition) is 5. The van der Waals surface area contributed by atoms with Crippen LogP contribution in [-0.2, 0) is 17.8 Å². The number of hydrogen-bond donors (Lipinski definition) is 1. The molecule has 0 fully saturated rings. The minimum atomic E-state index is 0.0502. The summed E-state index contributed by atoms with van der Waals surface area (Å²) in [6.07, 6.45) is 0.771. The summed E-state index contributed by atoms with van der Waals surface area (Å²) in [4.78, 5) is 19.9. The molecular formula is C17H18BrN3OS2. The number of nitrogens with one attached hydrogen (secondary N) is 1. The second-order valence-corrected chi connectivity index (χ2v) is 9.22. The van der Waals surface area contributed by atoms with Gasteiger partial charge in [0.05, 0.1) is 25.6 Å². The molecule has 0 atom stereocenters. The average Bonchev–Trinajstić information content (AvgIpc) is 3.12. The molecule has 0 saturated carbocycles. The third kappa shape index (κ3) is 4.86. The Morgan fingerprint density at radius 2 is 2.08 bits per heavy atom. The number of fused-ring (bicyclic) bond motifs is 1. The minimum absolute atomic E-state index is 0.0502. The fourth-order valence-electron chi connectivity index (χ4n) is 2.40. The summed E-state index contributed by atoms with van der Waals surface area (Å²) in [5.41, 5.74) is 1.03. The molecule has 126 valence electrons. The Morgan fingerprint density at radius 1 is 1.25 bits per heavy atom. The first-order chi connectivity index (χ1) is 11.6. The second-order valence-electron chi connectivity index (χ2n) is 5.55. The van der Waals surface area contributed by atoms with Crippen molar-refractivity contribution in [2.75, 3.05) is 20.1 Å². The number of thiazole rings is 1. The van der Waals surface area contributed by atoms with Gasteiger partial charge in [0, 0.05) is 24.4 Å². The van der Waals surface area contributed by atoms with E-state index in [1.807, 2.05) is 36.2 Å². The summed E-state index contributed by atoms with van der Waals surface area (Å²) >= 11 is 6.85. The highest BCUT2D eigenvalue weighted by Crippen LogP contribution is 2.23. The monoisotopic (exact) mass is 423 g/mol. The quantitative estimate of drug-likeness (QED) is 0.626. The summed E-state index contributed by atoms with van der Waals surface area (Å²) in [6, 6.07) is 12.2. The molecule has 3 aromatic rings. The molecule has 2 aromatic heterocycles. The van der Waals surface area contributed by atoms with Gasteiger partial charge >= 0.3 is 0 Å². The third-order valence-electron chi connectivity index (χ3n) is 3.47. The molecule has 3 rings (SSSR count). The maximum Gasteiger partial charge on any atom is 0.234 e. The van der Waals surface area contributed by atoms with Crippen molar-refractivity contribution in [2.45, 2.75) is 13.0 Å². The van der Waals surface area contributed by atoms with Crippen LogP contribution < -0.4 is 5.32 Å². The van der Waals surface area contributed by atoms with Crippen molar-refractivity contribution in [3.8, 4) is 0 Å². The molecule has 0 unspecified atom stereocenters. The van der Waals surface area contributed by atoms with E-state index in [-0.39, 0.29) is 5.91 Å². The van der Waals surface area contributed by atoms with Crippen LogP contribution in [0.15, 0.2) is 40.2 Å². The zero-order valence-electron chi connectivity index (χ0n) is 13.3. The summed E-state index contributed by atoms with van der Waals surface area (Å²) < 4.78 is 2.31. The molecule has 0 aliphatic carbocycles. The van der Waals surface area contributed by atoms with Crippen LogP contribution in [-0.4, -0.2) is 35.9 Å². The van der Waals surface area contributed by atoms with Crippen LogP contribution in [0.3, 0.4) is 0 Å². The number of likely N-dealkylation sites (N-methyl/N-ethyl adjacent to an activating group) is 1. The van der Waals surface area contributed by atoms with Gasteiger partial charge in [-0.15, -0.1) is 22.7 Å². The van der Waals surface area contributed by atoms with Crippen LogP contribution in [0.1, 0.15) is 9.88 Å². The molecule has 4 nitrogen and oxygen atoms in total. The number of amides is 1. The van der Waals surface area contributed by atoms with Crippen molar-refractivity contribution in [1.82, 2.24) is 15.2 Å². The van der Waals surface area contributed by atoms with Gasteiger partial charge in [-0.25, -0.2) is 4.98 Å². The molecule has 7 heteroatoms. The Labute approximate surface area is 157 Å². The maximum atomic E-state index is 12.0. The lowest BCUT2D eigenvalue weighted by atomic mass is 10.3. The Hall–Kier alpha value is -1.28. The number of para-hydroxylation sites is 1. The van der Waals surface area contributed by atoms with Gasteiger partial charge in [0.2, 0.25) is 5.91 Å². The fraction of sp³-hybridized carbons (Fsp3) is 0.294. The normalized spacial score (nSPS) is 11.3. The zero-order chi connectivity index (χ0) is 16.9. The standard InChI is InChI=1S/C17H18BrN3OS2/c1-21(10-12-6-7-15(18)23-12)11-16(22)19-9-8-17-20-13-4-2-3-5-14(13)24-17/h2-7H,8-11H2,1H3,(H,19,22). The van der Waals surface area contributed by atoms with Gasteiger partial charge in [0.1, 0.15) is 0 Å². The fourth-order valence-corrected chi connectivity index (χ4v) is 4.93. The predicted molar refractivity (Wildman–Crippen MR) is 105 cm³/mol. The number of rotatable bonds is 7.